The van der Waals surface area contributed by atoms with Gasteiger partial charge in [-0.1, -0.05) is 70.0 Å². The van der Waals surface area contributed by atoms with Crippen LogP contribution in [0.15, 0.2) is 78.6 Å². The van der Waals surface area contributed by atoms with Crippen LogP contribution >= 0.6 is 0 Å². The first-order chi connectivity index (χ1) is 10.5. The second-order valence-electron chi connectivity index (χ2n) is 4.45. The van der Waals surface area contributed by atoms with E-state index in [-0.39, 0.29) is 0 Å². The minimum atomic E-state index is 0.776. The van der Waals surface area contributed by atoms with Crippen LogP contribution < -0.4 is 0 Å². The molecule has 0 aromatic rings. The van der Waals surface area contributed by atoms with Crippen molar-refractivity contribution in [2.75, 3.05) is 7.05 Å². The Labute approximate surface area is 137 Å². The van der Waals surface area contributed by atoms with Gasteiger partial charge in [-0.05, 0) is 38.3 Å². The fourth-order valence-electron chi connectivity index (χ4n) is 1.33. The highest BCUT2D eigenvalue weighted by Gasteiger charge is 2.04. The minimum absolute atomic E-state index is 0.776. The Balaban J connectivity index is 0. The van der Waals surface area contributed by atoms with Gasteiger partial charge in [-0.25, -0.2) is 0 Å². The quantitative estimate of drug-likeness (QED) is 0.231. The number of hydrogen-bond donors (Lipinski definition) is 0. The van der Waals surface area contributed by atoms with E-state index in [9.17, 15) is 0 Å². The first-order valence-corrected chi connectivity index (χ1v) is 7.71. The fourth-order valence-corrected chi connectivity index (χ4v) is 1.33. The summed E-state index contributed by atoms with van der Waals surface area (Å²) >= 11 is 0. The Morgan fingerprint density at radius 1 is 1.14 bits per heavy atom. The molecule has 22 heavy (non-hydrogen) atoms. The van der Waals surface area contributed by atoms with Gasteiger partial charge in [0, 0.05) is 7.05 Å². The predicted octanol–water partition coefficient (Wildman–Crippen LogP) is 6.04. The lowest BCUT2D eigenvalue weighted by molar-refractivity contribution is 0.462. The van der Waals surface area contributed by atoms with E-state index in [2.05, 4.69) is 50.8 Å². The molecule has 0 rings (SSSR count). The van der Waals surface area contributed by atoms with E-state index >= 15 is 0 Å². The van der Waals surface area contributed by atoms with Crippen LogP contribution in [0.25, 0.3) is 0 Å². The lowest BCUT2D eigenvalue weighted by atomic mass is 10.1. The molecule has 0 N–H and O–H groups in total. The summed E-state index contributed by atoms with van der Waals surface area (Å²) in [6, 6.07) is 0. The van der Waals surface area contributed by atoms with Crippen molar-refractivity contribution in [1.82, 2.24) is 5.01 Å². The normalized spacial score (nSPS) is 12.0. The topological polar surface area (TPSA) is 15.6 Å². The molecule has 0 atom stereocenters. The van der Waals surface area contributed by atoms with Gasteiger partial charge in [-0.15, -0.1) is 0 Å². The molecule has 0 heterocycles. The van der Waals surface area contributed by atoms with Gasteiger partial charge in [-0.3, -0.25) is 5.01 Å². The third-order valence-electron chi connectivity index (χ3n) is 2.75. The van der Waals surface area contributed by atoms with Crippen molar-refractivity contribution in [2.24, 2.45) is 5.10 Å². The van der Waals surface area contributed by atoms with Crippen molar-refractivity contribution in [3.63, 3.8) is 0 Å². The van der Waals surface area contributed by atoms with Crippen molar-refractivity contribution < 1.29 is 0 Å². The highest BCUT2D eigenvalue weighted by molar-refractivity contribution is 6.02. The van der Waals surface area contributed by atoms with Crippen molar-refractivity contribution >= 4 is 5.71 Å². The number of hydrogen-bond acceptors (Lipinski definition) is 2. The summed E-state index contributed by atoms with van der Waals surface area (Å²) < 4.78 is 0. The molecule has 0 bridgehead atoms. The van der Waals surface area contributed by atoms with Crippen LogP contribution in [0.1, 0.15) is 40.5 Å². The van der Waals surface area contributed by atoms with E-state index in [0.29, 0.717) is 0 Å². The van der Waals surface area contributed by atoms with Crippen LogP contribution in [0.2, 0.25) is 0 Å². The zero-order chi connectivity index (χ0) is 17.4. The van der Waals surface area contributed by atoms with E-state index in [1.165, 1.54) is 0 Å². The number of hydrazone groups is 1. The Hall–Kier alpha value is -2.09. The summed E-state index contributed by atoms with van der Waals surface area (Å²) in [4.78, 5) is 0. The van der Waals surface area contributed by atoms with Gasteiger partial charge in [0.05, 0.1) is 11.4 Å². The van der Waals surface area contributed by atoms with Crippen molar-refractivity contribution in [2.45, 2.75) is 40.5 Å². The molecule has 0 aromatic carbocycles. The van der Waals surface area contributed by atoms with Crippen molar-refractivity contribution in [3.8, 4) is 0 Å². The number of allylic oxidation sites excluding steroid dienone is 8. The molecule has 2 heteroatoms. The Morgan fingerprint density at radius 3 is 2.09 bits per heavy atom. The van der Waals surface area contributed by atoms with Gasteiger partial charge in [0.25, 0.3) is 0 Å². The van der Waals surface area contributed by atoms with Crippen LogP contribution in [-0.4, -0.2) is 17.8 Å². The van der Waals surface area contributed by atoms with E-state index in [0.717, 1.165) is 29.8 Å². The van der Waals surface area contributed by atoms with E-state index in [4.69, 9.17) is 0 Å². The van der Waals surface area contributed by atoms with Crippen LogP contribution in [0.5, 0.6) is 0 Å². The van der Waals surface area contributed by atoms with Crippen LogP contribution in [-0.2, 0) is 0 Å². The third kappa shape index (κ3) is 10.7. The van der Waals surface area contributed by atoms with Gasteiger partial charge in [-0.2, -0.15) is 5.10 Å². The van der Waals surface area contributed by atoms with Crippen LogP contribution in [0.4, 0.5) is 0 Å². The second kappa shape index (κ2) is 15.3. The molecule has 0 spiro atoms. The van der Waals surface area contributed by atoms with Crippen LogP contribution in [0, 0.1) is 0 Å². The number of nitrogens with zero attached hydrogens (tertiary/aromatic N) is 2. The maximum Gasteiger partial charge on any atom is 0.0678 e. The van der Waals surface area contributed by atoms with E-state index in [1.54, 1.807) is 17.2 Å². The lowest BCUT2D eigenvalue weighted by Crippen LogP contribution is -2.13. The average molecular weight is 300 g/mol. The molecular formula is C20H32N2. The highest BCUT2D eigenvalue weighted by Crippen LogP contribution is 2.09. The molecule has 0 aliphatic heterocycles. The SMILES string of the molecule is C/C=C\C.C=C/C=C(\C=C/CC)C(/CC)=N/N(C)C(=C)C=C. The van der Waals surface area contributed by atoms with E-state index in [1.807, 2.05) is 39.1 Å². The standard InChI is InChI=1S/C16H24N2.C4H8/c1-7-11-13-15(12-8-2)16(10-4)17-18(6)14(5)9-3;1-3-4-2/h8-9,11-13H,2-3,5,7,10H2,1,4,6H3;3-4H,1-2H3/b13-11-,15-12+,17-16+;4-3-. The highest BCUT2D eigenvalue weighted by atomic mass is 15.4. The largest absolute Gasteiger partial charge is 0.269 e. The average Bonchev–Trinajstić information content (AvgIpc) is 2.55. The fraction of sp³-hybridized carbons (Fsp3) is 0.350. The molecule has 0 unspecified atom stereocenters. The molecule has 0 aliphatic rings. The second-order valence-corrected chi connectivity index (χ2v) is 4.45. The number of likely N-dealkylation sites (N-methyl/N-ethyl adjacent to an activating group) is 1. The first-order valence-electron chi connectivity index (χ1n) is 7.71. The van der Waals surface area contributed by atoms with Gasteiger partial charge in [0.1, 0.15) is 0 Å². The molecular weight excluding hydrogens is 268 g/mol. The zero-order valence-electron chi connectivity index (χ0n) is 15.0. The molecule has 0 aromatic heterocycles. The first kappa shape index (κ1) is 22.2. The summed E-state index contributed by atoms with van der Waals surface area (Å²) in [5.74, 6) is 0. The Morgan fingerprint density at radius 2 is 1.73 bits per heavy atom. The minimum Gasteiger partial charge on any atom is -0.269 e. The zero-order valence-corrected chi connectivity index (χ0v) is 15.0. The van der Waals surface area contributed by atoms with Crippen LogP contribution in [0.3, 0.4) is 0 Å². The predicted molar refractivity (Wildman–Crippen MR) is 103 cm³/mol. The van der Waals surface area contributed by atoms with Gasteiger partial charge >= 0.3 is 0 Å². The molecule has 0 saturated heterocycles. The Bertz CT molecular complexity index is 444. The summed E-state index contributed by atoms with van der Waals surface area (Å²) in [5, 5.41) is 6.29. The molecule has 0 aliphatic carbocycles. The van der Waals surface area contributed by atoms with Gasteiger partial charge < -0.3 is 0 Å². The van der Waals surface area contributed by atoms with Crippen molar-refractivity contribution in [1.29, 1.82) is 0 Å². The maximum atomic E-state index is 4.55. The summed E-state index contributed by atoms with van der Waals surface area (Å²) in [5.41, 5.74) is 2.86. The lowest BCUT2D eigenvalue weighted by Gasteiger charge is -2.15. The van der Waals surface area contributed by atoms with Gasteiger partial charge in [0.15, 0.2) is 0 Å². The molecule has 0 amide bonds. The molecule has 2 nitrogen and oxygen atoms in total. The molecule has 0 saturated carbocycles. The Kier molecular flexibility index (Phi) is 15.4. The van der Waals surface area contributed by atoms with Gasteiger partial charge in [0.2, 0.25) is 0 Å². The number of rotatable bonds is 8. The molecule has 0 radical (unpaired) electrons. The molecule has 122 valence electrons. The smallest absolute Gasteiger partial charge is 0.0678 e. The van der Waals surface area contributed by atoms with E-state index < -0.39 is 0 Å². The maximum absolute atomic E-state index is 4.55. The monoisotopic (exact) mass is 300 g/mol. The third-order valence-corrected chi connectivity index (χ3v) is 2.75. The summed E-state index contributed by atoms with van der Waals surface area (Å²) in [6.45, 7) is 19.5. The summed E-state index contributed by atoms with van der Waals surface area (Å²) in [6.07, 6.45) is 15.5. The molecule has 0 fully saturated rings. The summed E-state index contributed by atoms with van der Waals surface area (Å²) in [7, 11) is 1.87. The van der Waals surface area contributed by atoms with Crippen molar-refractivity contribution in [3.05, 3.63) is 73.5 Å².